The maximum Gasteiger partial charge on any atom is 0.137 e. The van der Waals surface area contributed by atoms with Crippen LogP contribution in [0.5, 0.6) is 0 Å². The number of rotatable bonds is 3. The number of anilines is 3. The molecular weight excluding hydrogens is 546 g/mol. The van der Waals surface area contributed by atoms with Gasteiger partial charge in [0.15, 0.2) is 0 Å². The van der Waals surface area contributed by atoms with Crippen molar-refractivity contribution in [2.45, 2.75) is 5.41 Å². The van der Waals surface area contributed by atoms with Crippen molar-refractivity contribution in [3.63, 3.8) is 0 Å². The second-order valence-electron chi connectivity index (χ2n) is 12.4. The molecule has 0 saturated carbocycles. The zero-order chi connectivity index (χ0) is 29.3. The summed E-state index contributed by atoms with van der Waals surface area (Å²) in [4.78, 5) is 2.45. The zero-order valence-electron chi connectivity index (χ0n) is 24.3. The third-order valence-electron chi connectivity index (χ3n) is 10.4. The van der Waals surface area contributed by atoms with Gasteiger partial charge in [-0.05, 0) is 86.5 Å². The van der Waals surface area contributed by atoms with Gasteiger partial charge in [-0.25, -0.2) is 0 Å². The van der Waals surface area contributed by atoms with E-state index in [1.165, 1.54) is 61.3 Å². The molecule has 1 atom stereocenters. The minimum Gasteiger partial charge on any atom is -0.456 e. The van der Waals surface area contributed by atoms with E-state index in [0.717, 1.165) is 33.3 Å². The second-order valence-corrected chi connectivity index (χ2v) is 12.4. The maximum atomic E-state index is 6.40. The minimum atomic E-state index is -0.323. The number of fused-ring (bicyclic) bond motifs is 8. The molecule has 3 aliphatic rings. The van der Waals surface area contributed by atoms with E-state index in [4.69, 9.17) is 4.42 Å². The van der Waals surface area contributed by atoms with E-state index in [0.29, 0.717) is 0 Å². The lowest BCUT2D eigenvalue weighted by Crippen LogP contribution is -2.23. The summed E-state index contributed by atoms with van der Waals surface area (Å²) in [5.74, 6) is 0. The fourth-order valence-electron chi connectivity index (χ4n) is 8.90. The Morgan fingerprint density at radius 2 is 1.00 bits per heavy atom. The molecule has 7 aromatic carbocycles. The molecule has 0 saturated heterocycles. The Kier molecular flexibility index (Phi) is 4.29. The summed E-state index contributed by atoms with van der Waals surface area (Å²) in [6.45, 7) is 0. The van der Waals surface area contributed by atoms with E-state index in [9.17, 15) is 0 Å². The first-order chi connectivity index (χ1) is 22.4. The maximum absolute atomic E-state index is 6.40. The fourth-order valence-corrected chi connectivity index (χ4v) is 8.90. The van der Waals surface area contributed by atoms with Crippen molar-refractivity contribution < 1.29 is 4.42 Å². The van der Waals surface area contributed by atoms with Gasteiger partial charge < -0.3 is 9.32 Å². The van der Waals surface area contributed by atoms with Gasteiger partial charge in [-0.2, -0.15) is 0 Å². The molecule has 0 N–H and O–H groups in total. The molecule has 2 nitrogen and oxygen atoms in total. The van der Waals surface area contributed by atoms with E-state index in [1.807, 2.05) is 6.07 Å². The quantitative estimate of drug-likeness (QED) is 0.210. The molecule has 0 amide bonds. The Morgan fingerprint density at radius 1 is 0.422 bits per heavy atom. The Hall–Kier alpha value is -5.86. The lowest BCUT2D eigenvalue weighted by atomic mass is 9.73. The molecule has 11 rings (SSSR count). The third kappa shape index (κ3) is 2.69. The molecule has 208 valence electrons. The summed E-state index contributed by atoms with van der Waals surface area (Å²) in [6, 6.07) is 55.4. The standard InChI is InChI=1S/C43H25NO/c1-2-12-26(13-3-1)44(36-23-11-25-38-40(36)31-15-5-7-24-37(31)45-38)35-22-10-21-34-39(35)32-19-9-18-30-29-17-8-16-28-27-14-4-6-20-33(27)43(34,41(28)29)42(30)32/h1-25H. The van der Waals surface area contributed by atoms with Gasteiger partial charge in [0.05, 0.1) is 22.2 Å². The van der Waals surface area contributed by atoms with Crippen molar-refractivity contribution in [2.75, 3.05) is 4.90 Å². The van der Waals surface area contributed by atoms with Crippen molar-refractivity contribution in [3.05, 3.63) is 174 Å². The van der Waals surface area contributed by atoms with Crippen molar-refractivity contribution in [1.82, 2.24) is 0 Å². The first-order valence-corrected chi connectivity index (χ1v) is 15.6. The van der Waals surface area contributed by atoms with E-state index in [-0.39, 0.29) is 5.41 Å². The molecule has 0 bridgehead atoms. The highest BCUT2D eigenvalue weighted by molar-refractivity contribution is 6.15. The molecule has 1 aromatic heterocycles. The average molecular weight is 572 g/mol. The number of hydrogen-bond donors (Lipinski definition) is 0. The number of benzene rings is 7. The van der Waals surface area contributed by atoms with Crippen LogP contribution in [0.2, 0.25) is 0 Å². The summed E-state index contributed by atoms with van der Waals surface area (Å²) in [5.41, 5.74) is 18.6. The number of hydrogen-bond acceptors (Lipinski definition) is 2. The Bertz CT molecular complexity index is 2540. The minimum absolute atomic E-state index is 0.323. The van der Waals surface area contributed by atoms with E-state index < -0.39 is 0 Å². The second kappa shape index (κ2) is 8.19. The highest BCUT2D eigenvalue weighted by atomic mass is 16.3. The highest BCUT2D eigenvalue weighted by Gasteiger charge is 2.57. The molecule has 0 fully saturated rings. The molecule has 8 aromatic rings. The van der Waals surface area contributed by atoms with E-state index >= 15 is 0 Å². The van der Waals surface area contributed by atoms with Gasteiger partial charge in [0.2, 0.25) is 0 Å². The topological polar surface area (TPSA) is 16.4 Å². The van der Waals surface area contributed by atoms with Gasteiger partial charge in [0, 0.05) is 16.6 Å². The van der Waals surface area contributed by atoms with Crippen LogP contribution in [-0.4, -0.2) is 0 Å². The Morgan fingerprint density at radius 3 is 1.87 bits per heavy atom. The molecular formula is C43H25NO. The first kappa shape index (κ1) is 23.6. The lowest BCUT2D eigenvalue weighted by Gasteiger charge is -2.30. The number of furan rings is 1. The summed E-state index contributed by atoms with van der Waals surface area (Å²) in [5, 5.41) is 2.25. The van der Waals surface area contributed by atoms with Crippen molar-refractivity contribution >= 4 is 39.0 Å². The predicted octanol–water partition coefficient (Wildman–Crippen LogP) is 11.4. The van der Waals surface area contributed by atoms with Gasteiger partial charge in [0.25, 0.3) is 0 Å². The van der Waals surface area contributed by atoms with Gasteiger partial charge in [-0.3, -0.25) is 0 Å². The molecule has 0 aliphatic heterocycles. The summed E-state index contributed by atoms with van der Waals surface area (Å²) in [7, 11) is 0. The zero-order valence-corrected chi connectivity index (χ0v) is 24.3. The first-order valence-electron chi connectivity index (χ1n) is 15.6. The lowest BCUT2D eigenvalue weighted by molar-refractivity contribution is 0.669. The molecule has 1 spiro atoms. The largest absolute Gasteiger partial charge is 0.456 e. The van der Waals surface area contributed by atoms with Crippen molar-refractivity contribution in [3.8, 4) is 33.4 Å². The van der Waals surface area contributed by atoms with Crippen LogP contribution in [0.25, 0.3) is 55.3 Å². The van der Waals surface area contributed by atoms with Crippen LogP contribution in [-0.2, 0) is 5.41 Å². The molecule has 1 unspecified atom stereocenters. The van der Waals surface area contributed by atoms with Crippen LogP contribution in [0.15, 0.2) is 156 Å². The van der Waals surface area contributed by atoms with Gasteiger partial charge in [-0.1, -0.05) is 115 Å². The normalized spacial score (nSPS) is 16.1. The Balaban J connectivity index is 1.29. The van der Waals surface area contributed by atoms with Crippen LogP contribution >= 0.6 is 0 Å². The van der Waals surface area contributed by atoms with Crippen molar-refractivity contribution in [2.24, 2.45) is 0 Å². The smallest absolute Gasteiger partial charge is 0.137 e. The summed E-state index contributed by atoms with van der Waals surface area (Å²) < 4.78 is 6.40. The van der Waals surface area contributed by atoms with Crippen LogP contribution in [0.3, 0.4) is 0 Å². The monoisotopic (exact) mass is 571 g/mol. The SMILES string of the molecule is c1ccc(N(c2cccc3c2-c2cccc4c2C32c3ccccc3-c3cccc-4c32)c2cccc3oc4ccccc4c23)cc1. The summed E-state index contributed by atoms with van der Waals surface area (Å²) >= 11 is 0. The van der Waals surface area contributed by atoms with E-state index in [2.05, 4.69) is 150 Å². The van der Waals surface area contributed by atoms with Crippen molar-refractivity contribution in [1.29, 1.82) is 0 Å². The predicted molar refractivity (Wildman–Crippen MR) is 184 cm³/mol. The van der Waals surface area contributed by atoms with E-state index in [1.54, 1.807) is 0 Å². The van der Waals surface area contributed by atoms with Gasteiger partial charge in [0.1, 0.15) is 11.2 Å². The fraction of sp³-hybridized carbons (Fsp3) is 0.0233. The van der Waals surface area contributed by atoms with Crippen LogP contribution < -0.4 is 4.90 Å². The highest BCUT2D eigenvalue weighted by Crippen LogP contribution is 2.71. The molecule has 45 heavy (non-hydrogen) atoms. The average Bonchev–Trinajstić information content (AvgIpc) is 3.81. The summed E-state index contributed by atoms with van der Waals surface area (Å²) in [6.07, 6.45) is 0. The number of nitrogens with zero attached hydrogens (tertiary/aromatic N) is 1. The van der Waals surface area contributed by atoms with Crippen LogP contribution in [0.1, 0.15) is 22.3 Å². The van der Waals surface area contributed by atoms with Gasteiger partial charge >= 0.3 is 0 Å². The van der Waals surface area contributed by atoms with Gasteiger partial charge in [-0.15, -0.1) is 0 Å². The molecule has 3 aliphatic carbocycles. The third-order valence-corrected chi connectivity index (χ3v) is 10.4. The molecule has 2 heteroatoms. The van der Waals surface area contributed by atoms with Crippen LogP contribution in [0.4, 0.5) is 17.1 Å². The van der Waals surface area contributed by atoms with Crippen LogP contribution in [0, 0.1) is 0 Å². The Labute approximate surface area is 260 Å². The number of para-hydroxylation sites is 2. The molecule has 1 heterocycles. The molecule has 0 radical (unpaired) electrons.